The number of nitrogens with one attached hydrogen (secondary N) is 1. The van der Waals surface area contributed by atoms with Gasteiger partial charge in [-0.2, -0.15) is 4.31 Å². The van der Waals surface area contributed by atoms with Crippen LogP contribution in [0.1, 0.15) is 49.4 Å². The van der Waals surface area contributed by atoms with E-state index >= 15 is 0 Å². The van der Waals surface area contributed by atoms with Crippen molar-refractivity contribution in [2.75, 3.05) is 25.0 Å². The van der Waals surface area contributed by atoms with Crippen LogP contribution < -0.4 is 10.1 Å². The highest BCUT2D eigenvalue weighted by molar-refractivity contribution is 7.89. The summed E-state index contributed by atoms with van der Waals surface area (Å²) in [7, 11) is -3.53. The smallest absolute Gasteiger partial charge is 0.255 e. The summed E-state index contributed by atoms with van der Waals surface area (Å²) in [5.41, 5.74) is 0.749. The van der Waals surface area contributed by atoms with Crippen molar-refractivity contribution in [3.63, 3.8) is 0 Å². The lowest BCUT2D eigenvalue weighted by Crippen LogP contribution is -2.31. The minimum Gasteiger partial charge on any atom is -0.490 e. The zero-order chi connectivity index (χ0) is 22.4. The number of carbonyl (C=O) groups excluding carboxylic acids is 1. The first-order chi connectivity index (χ1) is 14.8. The number of hydrogen-bond donors (Lipinski definition) is 1. The number of anilines is 1. The summed E-state index contributed by atoms with van der Waals surface area (Å²) >= 11 is 12.4. The largest absolute Gasteiger partial charge is 0.490 e. The van der Waals surface area contributed by atoms with Crippen molar-refractivity contribution in [1.29, 1.82) is 0 Å². The van der Waals surface area contributed by atoms with E-state index in [9.17, 15) is 13.2 Å². The molecule has 1 N–H and O–H groups in total. The number of hydrogen-bond acceptors (Lipinski definition) is 4. The maximum Gasteiger partial charge on any atom is 0.255 e. The fourth-order valence-electron chi connectivity index (χ4n) is 3.38. The van der Waals surface area contributed by atoms with Crippen LogP contribution in [0.5, 0.6) is 5.75 Å². The van der Waals surface area contributed by atoms with Gasteiger partial charge in [0.25, 0.3) is 5.91 Å². The molecule has 1 aliphatic rings. The zero-order valence-electron chi connectivity index (χ0n) is 17.4. The predicted molar refractivity (Wildman–Crippen MR) is 124 cm³/mol. The molecule has 3 rings (SSSR count). The third kappa shape index (κ3) is 5.92. The average molecular weight is 485 g/mol. The zero-order valence-corrected chi connectivity index (χ0v) is 19.7. The molecule has 0 spiro atoms. The van der Waals surface area contributed by atoms with Gasteiger partial charge in [-0.05, 0) is 55.7 Å². The molecule has 0 aromatic heterocycles. The summed E-state index contributed by atoms with van der Waals surface area (Å²) in [6, 6.07) is 9.15. The van der Waals surface area contributed by atoms with Crippen LogP contribution in [-0.2, 0) is 10.0 Å². The SMILES string of the molecule is CCCOc1c(Cl)cc(C(=O)Nc2ccc(S(=O)(=O)N3CCCCCC3)cc2)cc1Cl. The van der Waals surface area contributed by atoms with Crippen LogP contribution in [0.4, 0.5) is 5.69 Å². The summed E-state index contributed by atoms with van der Waals surface area (Å²) < 4.78 is 32.8. The van der Waals surface area contributed by atoms with Crippen molar-refractivity contribution < 1.29 is 17.9 Å². The monoisotopic (exact) mass is 484 g/mol. The summed E-state index contributed by atoms with van der Waals surface area (Å²) in [5.74, 6) is -0.0567. The second kappa shape index (κ2) is 10.7. The van der Waals surface area contributed by atoms with Gasteiger partial charge in [0.1, 0.15) is 0 Å². The van der Waals surface area contributed by atoms with Gasteiger partial charge in [0.2, 0.25) is 10.0 Å². The second-order valence-corrected chi connectivity index (χ2v) is 10.2. The van der Waals surface area contributed by atoms with Crippen LogP contribution in [0.2, 0.25) is 10.0 Å². The first-order valence-electron chi connectivity index (χ1n) is 10.4. The van der Waals surface area contributed by atoms with Gasteiger partial charge in [0.05, 0.1) is 21.5 Å². The molecular formula is C22H26Cl2N2O4S. The van der Waals surface area contributed by atoms with Gasteiger partial charge < -0.3 is 10.1 Å². The van der Waals surface area contributed by atoms with Gasteiger partial charge in [0.15, 0.2) is 5.75 Å². The van der Waals surface area contributed by atoms with Gasteiger partial charge in [-0.3, -0.25) is 4.79 Å². The predicted octanol–water partition coefficient (Wildman–Crippen LogP) is 5.60. The Morgan fingerprint density at radius 3 is 2.16 bits per heavy atom. The molecule has 1 heterocycles. The Morgan fingerprint density at radius 1 is 1.03 bits per heavy atom. The summed E-state index contributed by atoms with van der Waals surface area (Å²) in [5, 5.41) is 3.25. The normalized spacial score (nSPS) is 15.3. The molecule has 0 atom stereocenters. The Hall–Kier alpha value is -1.80. The quantitative estimate of drug-likeness (QED) is 0.554. The van der Waals surface area contributed by atoms with Crippen molar-refractivity contribution in [1.82, 2.24) is 4.31 Å². The molecule has 2 aromatic carbocycles. The molecule has 168 valence electrons. The highest BCUT2D eigenvalue weighted by Crippen LogP contribution is 2.34. The van der Waals surface area contributed by atoms with Crippen LogP contribution >= 0.6 is 23.2 Å². The number of rotatable bonds is 7. The number of halogens is 2. The van der Waals surface area contributed by atoms with Crippen LogP contribution in [-0.4, -0.2) is 38.3 Å². The first kappa shape index (κ1) is 23.9. The van der Waals surface area contributed by atoms with Crippen LogP contribution in [0.15, 0.2) is 41.3 Å². The van der Waals surface area contributed by atoms with Crippen molar-refractivity contribution in [3.05, 3.63) is 52.0 Å². The lowest BCUT2D eigenvalue weighted by molar-refractivity contribution is 0.102. The average Bonchev–Trinajstić information content (AvgIpc) is 3.04. The first-order valence-corrected chi connectivity index (χ1v) is 12.6. The molecule has 0 unspecified atom stereocenters. The number of benzene rings is 2. The van der Waals surface area contributed by atoms with E-state index in [4.69, 9.17) is 27.9 Å². The minimum absolute atomic E-state index is 0.218. The molecule has 2 aromatic rings. The summed E-state index contributed by atoms with van der Waals surface area (Å²) in [4.78, 5) is 12.8. The highest BCUT2D eigenvalue weighted by atomic mass is 35.5. The van der Waals surface area contributed by atoms with Crippen molar-refractivity contribution in [3.8, 4) is 5.75 Å². The highest BCUT2D eigenvalue weighted by Gasteiger charge is 2.25. The van der Waals surface area contributed by atoms with Crippen molar-refractivity contribution >= 4 is 44.8 Å². The van der Waals surface area contributed by atoms with Crippen molar-refractivity contribution in [2.45, 2.75) is 43.9 Å². The summed E-state index contributed by atoms with van der Waals surface area (Å²) in [6.45, 7) is 3.52. The van der Waals surface area contributed by atoms with E-state index in [1.807, 2.05) is 6.92 Å². The topological polar surface area (TPSA) is 75.7 Å². The number of sulfonamides is 1. The molecule has 1 fully saturated rings. The molecule has 0 bridgehead atoms. The minimum atomic E-state index is -3.53. The number of nitrogens with zero attached hydrogens (tertiary/aromatic N) is 1. The molecule has 6 nitrogen and oxygen atoms in total. The molecule has 1 aliphatic heterocycles. The van der Waals surface area contributed by atoms with E-state index < -0.39 is 15.9 Å². The molecule has 31 heavy (non-hydrogen) atoms. The van der Waals surface area contributed by atoms with Crippen LogP contribution in [0, 0.1) is 0 Å². The molecule has 9 heteroatoms. The third-order valence-corrected chi connectivity index (χ3v) is 7.50. The fraction of sp³-hybridized carbons (Fsp3) is 0.409. The number of ether oxygens (including phenoxy) is 1. The molecule has 0 saturated carbocycles. The standard InChI is InChI=1S/C22H26Cl2N2O4S/c1-2-13-30-21-19(23)14-16(15-20(21)24)22(27)25-17-7-9-18(10-8-17)31(28,29)26-11-5-3-4-6-12-26/h7-10,14-15H,2-6,11-13H2,1H3,(H,25,27). The van der Waals surface area contributed by atoms with E-state index in [0.29, 0.717) is 31.1 Å². The van der Waals surface area contributed by atoms with Gasteiger partial charge in [-0.15, -0.1) is 0 Å². The Labute approximate surface area is 193 Å². The third-order valence-electron chi connectivity index (χ3n) is 5.03. The number of amides is 1. The fourth-order valence-corrected chi connectivity index (χ4v) is 5.49. The van der Waals surface area contributed by atoms with Gasteiger partial charge in [-0.25, -0.2) is 8.42 Å². The molecule has 1 saturated heterocycles. The summed E-state index contributed by atoms with van der Waals surface area (Å²) in [6.07, 6.45) is 4.66. The van der Waals surface area contributed by atoms with E-state index in [2.05, 4.69) is 5.32 Å². The molecule has 0 radical (unpaired) electrons. The Bertz CT molecular complexity index is 995. The maximum absolute atomic E-state index is 12.9. The Balaban J connectivity index is 1.71. The lowest BCUT2D eigenvalue weighted by Gasteiger charge is -2.20. The van der Waals surface area contributed by atoms with E-state index in [1.165, 1.54) is 24.3 Å². The maximum atomic E-state index is 12.9. The molecule has 0 aliphatic carbocycles. The molecular weight excluding hydrogens is 459 g/mol. The number of carbonyl (C=O) groups is 1. The van der Waals surface area contributed by atoms with E-state index in [-0.39, 0.29) is 20.5 Å². The Kier molecular flexibility index (Phi) is 8.22. The second-order valence-electron chi connectivity index (χ2n) is 7.41. The van der Waals surface area contributed by atoms with Crippen LogP contribution in [0.25, 0.3) is 0 Å². The van der Waals surface area contributed by atoms with E-state index in [1.54, 1.807) is 16.4 Å². The Morgan fingerprint density at radius 2 is 1.61 bits per heavy atom. The van der Waals surface area contributed by atoms with Crippen molar-refractivity contribution in [2.24, 2.45) is 0 Å². The van der Waals surface area contributed by atoms with Crippen LogP contribution in [0.3, 0.4) is 0 Å². The lowest BCUT2D eigenvalue weighted by atomic mass is 10.2. The molecule has 1 amide bonds. The van der Waals surface area contributed by atoms with E-state index in [0.717, 1.165) is 32.1 Å². The van der Waals surface area contributed by atoms with Gasteiger partial charge in [-0.1, -0.05) is 43.0 Å². The van der Waals surface area contributed by atoms with Gasteiger partial charge in [0, 0.05) is 24.3 Å². The van der Waals surface area contributed by atoms with Gasteiger partial charge >= 0.3 is 0 Å².